The van der Waals surface area contributed by atoms with E-state index >= 15 is 0 Å². The minimum atomic E-state index is -0.404. The van der Waals surface area contributed by atoms with E-state index in [1.165, 1.54) is 11.3 Å². The molecule has 3 aromatic rings. The number of carbonyl (C=O) groups excluding carboxylic acids is 1. The van der Waals surface area contributed by atoms with Crippen molar-refractivity contribution in [3.05, 3.63) is 63.0 Å². The summed E-state index contributed by atoms with van der Waals surface area (Å²) in [7, 11) is 0. The lowest BCUT2D eigenvalue weighted by Gasteiger charge is -2.04. The number of aromatic nitrogens is 2. The van der Waals surface area contributed by atoms with Gasteiger partial charge in [-0.05, 0) is 48.5 Å². The third-order valence-electron chi connectivity index (χ3n) is 2.97. The summed E-state index contributed by atoms with van der Waals surface area (Å²) in [5.74, 6) is 0.730. The minimum absolute atomic E-state index is 0.278. The van der Waals surface area contributed by atoms with Gasteiger partial charge in [-0.25, -0.2) is 4.79 Å². The summed E-state index contributed by atoms with van der Waals surface area (Å²) in [6.07, 6.45) is 0. The highest BCUT2D eigenvalue weighted by Gasteiger charge is 2.09. The lowest BCUT2D eigenvalue weighted by atomic mass is 10.3. The third kappa shape index (κ3) is 5.42. The molecule has 1 aromatic heterocycles. The van der Waals surface area contributed by atoms with Crippen LogP contribution in [-0.2, 0) is 6.61 Å². The molecule has 0 fully saturated rings. The highest BCUT2D eigenvalue weighted by Crippen LogP contribution is 2.20. The van der Waals surface area contributed by atoms with Crippen LogP contribution in [0.1, 0.15) is 5.01 Å². The van der Waals surface area contributed by atoms with Gasteiger partial charge < -0.3 is 10.1 Å². The predicted octanol–water partition coefficient (Wildman–Crippen LogP) is 5.18. The van der Waals surface area contributed by atoms with Crippen molar-refractivity contribution in [1.82, 2.24) is 10.2 Å². The van der Waals surface area contributed by atoms with E-state index in [1.807, 2.05) is 24.3 Å². The van der Waals surface area contributed by atoms with Crippen LogP contribution in [0, 0.1) is 0 Å². The van der Waals surface area contributed by atoms with Gasteiger partial charge in [-0.2, -0.15) is 0 Å². The standard InChI is InChI=1S/C16H12BrClN4O2S/c17-10-1-7-13(8-2-10)24-9-14-21-22-16(25-14)20-15(23)19-12-5-3-11(18)4-6-12/h1-8H,9H2,(H2,19,20,22,23). The topological polar surface area (TPSA) is 76.1 Å². The molecule has 0 radical (unpaired) electrons. The predicted molar refractivity (Wildman–Crippen MR) is 102 cm³/mol. The molecule has 2 amide bonds. The SMILES string of the molecule is O=C(Nc1ccc(Cl)cc1)Nc1nnc(COc2ccc(Br)cc2)s1. The summed E-state index contributed by atoms with van der Waals surface area (Å²) >= 11 is 10.4. The van der Waals surface area contributed by atoms with Crippen LogP contribution in [0.3, 0.4) is 0 Å². The lowest BCUT2D eigenvalue weighted by Crippen LogP contribution is -2.19. The minimum Gasteiger partial charge on any atom is -0.486 e. The first kappa shape index (κ1) is 17.7. The fourth-order valence-electron chi connectivity index (χ4n) is 1.83. The van der Waals surface area contributed by atoms with Gasteiger partial charge >= 0.3 is 6.03 Å². The normalized spacial score (nSPS) is 10.3. The number of ether oxygens (including phenoxy) is 1. The summed E-state index contributed by atoms with van der Waals surface area (Å²) < 4.78 is 6.60. The number of amides is 2. The fourth-order valence-corrected chi connectivity index (χ4v) is 2.87. The average molecular weight is 440 g/mol. The van der Waals surface area contributed by atoms with Crippen LogP contribution in [0.15, 0.2) is 53.0 Å². The average Bonchev–Trinajstić information content (AvgIpc) is 3.04. The molecule has 3 rings (SSSR count). The molecule has 9 heteroatoms. The van der Waals surface area contributed by atoms with Crippen molar-refractivity contribution >= 4 is 55.7 Å². The van der Waals surface area contributed by atoms with E-state index in [0.29, 0.717) is 20.8 Å². The van der Waals surface area contributed by atoms with Gasteiger partial charge in [0.2, 0.25) is 5.13 Å². The molecule has 25 heavy (non-hydrogen) atoms. The zero-order chi connectivity index (χ0) is 17.6. The number of carbonyl (C=O) groups is 1. The van der Waals surface area contributed by atoms with E-state index in [2.05, 4.69) is 36.8 Å². The number of rotatable bonds is 5. The number of anilines is 2. The molecule has 0 aliphatic rings. The van der Waals surface area contributed by atoms with E-state index in [4.69, 9.17) is 16.3 Å². The summed E-state index contributed by atoms with van der Waals surface area (Å²) in [5.41, 5.74) is 0.630. The van der Waals surface area contributed by atoms with Crippen molar-refractivity contribution in [1.29, 1.82) is 0 Å². The molecular weight excluding hydrogens is 428 g/mol. The van der Waals surface area contributed by atoms with E-state index < -0.39 is 6.03 Å². The zero-order valence-corrected chi connectivity index (χ0v) is 15.9. The van der Waals surface area contributed by atoms with Crippen molar-refractivity contribution < 1.29 is 9.53 Å². The van der Waals surface area contributed by atoms with Crippen LogP contribution in [-0.4, -0.2) is 16.2 Å². The Morgan fingerprint density at radius 3 is 2.52 bits per heavy atom. The first-order valence-electron chi connectivity index (χ1n) is 7.13. The molecule has 0 saturated carbocycles. The van der Waals surface area contributed by atoms with Crippen LogP contribution >= 0.6 is 38.9 Å². The Labute approximate surface area is 161 Å². The maximum absolute atomic E-state index is 11.9. The van der Waals surface area contributed by atoms with Crippen LogP contribution < -0.4 is 15.4 Å². The van der Waals surface area contributed by atoms with Crippen LogP contribution in [0.4, 0.5) is 15.6 Å². The first-order chi connectivity index (χ1) is 12.1. The highest BCUT2D eigenvalue weighted by molar-refractivity contribution is 9.10. The molecule has 1 heterocycles. The molecule has 0 atom stereocenters. The van der Waals surface area contributed by atoms with Gasteiger partial charge in [0.1, 0.15) is 12.4 Å². The summed E-state index contributed by atoms with van der Waals surface area (Å²) in [6.45, 7) is 0.278. The zero-order valence-electron chi connectivity index (χ0n) is 12.7. The molecular formula is C16H12BrClN4O2S. The number of nitrogens with one attached hydrogen (secondary N) is 2. The number of halogens is 2. The summed E-state index contributed by atoms with van der Waals surface area (Å²) in [5, 5.41) is 14.9. The molecule has 128 valence electrons. The molecule has 0 aliphatic carbocycles. The number of nitrogens with zero attached hydrogens (tertiary/aromatic N) is 2. The maximum atomic E-state index is 11.9. The molecule has 6 nitrogen and oxygen atoms in total. The maximum Gasteiger partial charge on any atom is 0.325 e. The monoisotopic (exact) mass is 438 g/mol. The van der Waals surface area contributed by atoms with Crippen molar-refractivity contribution in [3.63, 3.8) is 0 Å². The van der Waals surface area contributed by atoms with Gasteiger partial charge in [-0.1, -0.05) is 38.9 Å². The van der Waals surface area contributed by atoms with E-state index in [0.717, 1.165) is 10.2 Å². The van der Waals surface area contributed by atoms with Gasteiger partial charge in [-0.15, -0.1) is 10.2 Å². The first-order valence-corrected chi connectivity index (χ1v) is 9.11. The van der Waals surface area contributed by atoms with Crippen molar-refractivity contribution in [3.8, 4) is 5.75 Å². The Hall–Kier alpha value is -2.16. The van der Waals surface area contributed by atoms with E-state index in [1.54, 1.807) is 24.3 Å². The van der Waals surface area contributed by atoms with E-state index in [-0.39, 0.29) is 6.61 Å². The van der Waals surface area contributed by atoms with Crippen molar-refractivity contribution in [2.75, 3.05) is 10.6 Å². The molecule has 0 saturated heterocycles. The largest absolute Gasteiger partial charge is 0.486 e. The fraction of sp³-hybridized carbons (Fsp3) is 0.0625. The second kappa shape index (κ2) is 8.28. The molecule has 0 bridgehead atoms. The van der Waals surface area contributed by atoms with Crippen molar-refractivity contribution in [2.24, 2.45) is 0 Å². The Bertz CT molecular complexity index is 855. The molecule has 0 spiro atoms. The van der Waals surface area contributed by atoms with Gasteiger partial charge in [-0.3, -0.25) is 5.32 Å². The van der Waals surface area contributed by atoms with Crippen LogP contribution in [0.25, 0.3) is 0 Å². The molecule has 0 aliphatic heterocycles. The summed E-state index contributed by atoms with van der Waals surface area (Å²) in [6, 6.07) is 13.9. The number of benzene rings is 2. The van der Waals surface area contributed by atoms with Gasteiger partial charge in [0.25, 0.3) is 0 Å². The quantitative estimate of drug-likeness (QED) is 0.574. The number of urea groups is 1. The van der Waals surface area contributed by atoms with Gasteiger partial charge in [0, 0.05) is 15.2 Å². The molecule has 0 unspecified atom stereocenters. The molecule has 2 aromatic carbocycles. The second-order valence-corrected chi connectivity index (χ2v) is 7.24. The number of hydrogen-bond acceptors (Lipinski definition) is 5. The van der Waals surface area contributed by atoms with E-state index in [9.17, 15) is 4.79 Å². The van der Waals surface area contributed by atoms with Crippen LogP contribution in [0.5, 0.6) is 5.75 Å². The Balaban J connectivity index is 1.51. The van der Waals surface area contributed by atoms with Crippen molar-refractivity contribution in [2.45, 2.75) is 6.61 Å². The highest BCUT2D eigenvalue weighted by atomic mass is 79.9. The van der Waals surface area contributed by atoms with Gasteiger partial charge in [0.15, 0.2) is 5.01 Å². The second-order valence-electron chi connectivity index (χ2n) is 4.83. The lowest BCUT2D eigenvalue weighted by molar-refractivity contribution is 0.262. The Morgan fingerprint density at radius 2 is 1.80 bits per heavy atom. The Morgan fingerprint density at radius 1 is 1.08 bits per heavy atom. The molecule has 2 N–H and O–H groups in total. The van der Waals surface area contributed by atoms with Gasteiger partial charge in [0.05, 0.1) is 0 Å². The third-order valence-corrected chi connectivity index (χ3v) is 4.56. The number of hydrogen-bond donors (Lipinski definition) is 2. The van der Waals surface area contributed by atoms with Crippen LogP contribution in [0.2, 0.25) is 5.02 Å². The summed E-state index contributed by atoms with van der Waals surface area (Å²) in [4.78, 5) is 11.9. The smallest absolute Gasteiger partial charge is 0.325 e. The Kier molecular flexibility index (Phi) is 5.85.